The maximum absolute atomic E-state index is 5.77. The van der Waals surface area contributed by atoms with Gasteiger partial charge in [-0.1, -0.05) is 45.1 Å². The fraction of sp³-hybridized carbons (Fsp3) is 0.529. The SMILES string of the molecule is C=Cc1cccc(OCCCN(CC)CCCC)c1. The van der Waals surface area contributed by atoms with E-state index in [1.54, 1.807) is 0 Å². The normalized spacial score (nSPS) is 10.7. The zero-order chi connectivity index (χ0) is 13.9. The molecule has 0 aliphatic heterocycles. The summed E-state index contributed by atoms with van der Waals surface area (Å²) in [4.78, 5) is 2.49. The quantitative estimate of drug-likeness (QED) is 0.585. The maximum Gasteiger partial charge on any atom is 0.119 e. The van der Waals surface area contributed by atoms with Crippen molar-refractivity contribution >= 4 is 6.08 Å². The Morgan fingerprint density at radius 1 is 1.21 bits per heavy atom. The Balaban J connectivity index is 2.23. The van der Waals surface area contributed by atoms with Crippen molar-refractivity contribution in [3.05, 3.63) is 36.4 Å². The molecule has 0 N–H and O–H groups in total. The molecule has 19 heavy (non-hydrogen) atoms. The van der Waals surface area contributed by atoms with Crippen LogP contribution in [-0.4, -0.2) is 31.1 Å². The van der Waals surface area contributed by atoms with Crippen molar-refractivity contribution in [3.63, 3.8) is 0 Å². The van der Waals surface area contributed by atoms with Crippen molar-refractivity contribution in [2.45, 2.75) is 33.1 Å². The molecule has 0 amide bonds. The molecule has 1 aromatic rings. The summed E-state index contributed by atoms with van der Waals surface area (Å²) in [6.07, 6.45) is 5.48. The molecule has 0 radical (unpaired) electrons. The van der Waals surface area contributed by atoms with E-state index in [0.29, 0.717) is 0 Å². The number of ether oxygens (including phenoxy) is 1. The van der Waals surface area contributed by atoms with E-state index < -0.39 is 0 Å². The monoisotopic (exact) mass is 261 g/mol. The van der Waals surface area contributed by atoms with E-state index >= 15 is 0 Å². The smallest absolute Gasteiger partial charge is 0.119 e. The minimum absolute atomic E-state index is 0.781. The molecule has 0 bridgehead atoms. The largest absolute Gasteiger partial charge is 0.494 e. The van der Waals surface area contributed by atoms with Gasteiger partial charge < -0.3 is 9.64 Å². The van der Waals surface area contributed by atoms with Gasteiger partial charge in [0.1, 0.15) is 5.75 Å². The van der Waals surface area contributed by atoms with E-state index in [2.05, 4.69) is 25.3 Å². The highest BCUT2D eigenvalue weighted by Crippen LogP contribution is 2.14. The molecule has 0 spiro atoms. The number of nitrogens with zero attached hydrogens (tertiary/aromatic N) is 1. The molecule has 2 heteroatoms. The average Bonchev–Trinajstić information content (AvgIpc) is 2.47. The second-order valence-corrected chi connectivity index (χ2v) is 4.77. The first-order chi connectivity index (χ1) is 9.30. The first-order valence-corrected chi connectivity index (χ1v) is 7.37. The van der Waals surface area contributed by atoms with Gasteiger partial charge in [0, 0.05) is 6.54 Å². The minimum atomic E-state index is 0.781. The van der Waals surface area contributed by atoms with Crippen LogP contribution >= 0.6 is 0 Å². The summed E-state index contributed by atoms with van der Waals surface area (Å²) in [5.41, 5.74) is 1.11. The molecular formula is C17H27NO. The molecule has 2 nitrogen and oxygen atoms in total. The second-order valence-electron chi connectivity index (χ2n) is 4.77. The molecule has 0 aliphatic rings. The summed E-state index contributed by atoms with van der Waals surface area (Å²) >= 11 is 0. The van der Waals surface area contributed by atoms with Gasteiger partial charge in [-0.15, -0.1) is 0 Å². The van der Waals surface area contributed by atoms with Gasteiger partial charge >= 0.3 is 0 Å². The summed E-state index contributed by atoms with van der Waals surface area (Å²) < 4.78 is 5.77. The summed E-state index contributed by atoms with van der Waals surface area (Å²) in [5.74, 6) is 0.939. The first-order valence-electron chi connectivity index (χ1n) is 7.37. The number of unbranched alkanes of at least 4 members (excludes halogenated alkanes) is 1. The number of hydrogen-bond donors (Lipinski definition) is 0. The molecule has 106 valence electrons. The summed E-state index contributed by atoms with van der Waals surface area (Å²) in [7, 11) is 0. The van der Waals surface area contributed by atoms with Crippen molar-refractivity contribution in [2.24, 2.45) is 0 Å². The van der Waals surface area contributed by atoms with E-state index in [1.807, 2.05) is 30.3 Å². The zero-order valence-electron chi connectivity index (χ0n) is 12.4. The fourth-order valence-corrected chi connectivity index (χ4v) is 2.02. The lowest BCUT2D eigenvalue weighted by Crippen LogP contribution is -2.26. The van der Waals surface area contributed by atoms with Crippen molar-refractivity contribution < 1.29 is 4.74 Å². The van der Waals surface area contributed by atoms with Crippen molar-refractivity contribution in [3.8, 4) is 5.75 Å². The predicted octanol–water partition coefficient (Wildman–Crippen LogP) is 4.22. The van der Waals surface area contributed by atoms with Crippen LogP contribution in [0.2, 0.25) is 0 Å². The highest BCUT2D eigenvalue weighted by molar-refractivity contribution is 5.49. The molecule has 0 aliphatic carbocycles. The van der Waals surface area contributed by atoms with Gasteiger partial charge in [-0.05, 0) is 43.6 Å². The Hall–Kier alpha value is -1.28. The van der Waals surface area contributed by atoms with Gasteiger partial charge in [0.25, 0.3) is 0 Å². The van der Waals surface area contributed by atoms with Crippen molar-refractivity contribution in [1.29, 1.82) is 0 Å². The van der Waals surface area contributed by atoms with Gasteiger partial charge in [-0.2, -0.15) is 0 Å². The maximum atomic E-state index is 5.77. The molecular weight excluding hydrogens is 234 g/mol. The van der Waals surface area contributed by atoms with Crippen LogP contribution < -0.4 is 4.74 Å². The van der Waals surface area contributed by atoms with Crippen molar-refractivity contribution in [1.82, 2.24) is 4.90 Å². The van der Waals surface area contributed by atoms with E-state index in [1.165, 1.54) is 19.4 Å². The predicted molar refractivity (Wildman–Crippen MR) is 83.7 cm³/mol. The molecule has 0 fully saturated rings. The Kier molecular flexibility index (Phi) is 7.99. The second kappa shape index (κ2) is 9.62. The molecule has 0 saturated carbocycles. The first kappa shape index (κ1) is 15.8. The van der Waals surface area contributed by atoms with Crippen LogP contribution in [0.25, 0.3) is 6.08 Å². The van der Waals surface area contributed by atoms with Crippen LogP contribution in [0.1, 0.15) is 38.7 Å². The van der Waals surface area contributed by atoms with Crippen LogP contribution in [0.5, 0.6) is 5.75 Å². The van der Waals surface area contributed by atoms with Crippen LogP contribution in [0.15, 0.2) is 30.8 Å². The van der Waals surface area contributed by atoms with Gasteiger partial charge in [0.05, 0.1) is 6.61 Å². The minimum Gasteiger partial charge on any atom is -0.494 e. The van der Waals surface area contributed by atoms with E-state index in [-0.39, 0.29) is 0 Å². The lowest BCUT2D eigenvalue weighted by molar-refractivity contribution is 0.239. The highest BCUT2D eigenvalue weighted by Gasteiger charge is 2.01. The van der Waals surface area contributed by atoms with Crippen LogP contribution in [0.3, 0.4) is 0 Å². The molecule has 0 saturated heterocycles. The summed E-state index contributed by atoms with van der Waals surface area (Å²) in [6, 6.07) is 8.07. The number of benzene rings is 1. The standard InChI is InChI=1S/C17H27NO/c1-4-7-12-18(6-3)13-9-14-19-17-11-8-10-16(5-2)15-17/h5,8,10-11,15H,2,4,6-7,9,12-14H2,1,3H3. The third kappa shape index (κ3) is 6.44. The van der Waals surface area contributed by atoms with Gasteiger partial charge in [-0.3, -0.25) is 0 Å². The Morgan fingerprint density at radius 2 is 2.00 bits per heavy atom. The van der Waals surface area contributed by atoms with E-state index in [9.17, 15) is 0 Å². The Bertz CT molecular complexity index is 362. The van der Waals surface area contributed by atoms with E-state index in [0.717, 1.165) is 37.4 Å². The number of rotatable bonds is 10. The highest BCUT2D eigenvalue weighted by atomic mass is 16.5. The van der Waals surface area contributed by atoms with Crippen LogP contribution in [-0.2, 0) is 0 Å². The fourth-order valence-electron chi connectivity index (χ4n) is 2.02. The van der Waals surface area contributed by atoms with Gasteiger partial charge in [0.15, 0.2) is 0 Å². The van der Waals surface area contributed by atoms with Gasteiger partial charge in [-0.25, -0.2) is 0 Å². The summed E-state index contributed by atoms with van der Waals surface area (Å²) in [6.45, 7) is 12.5. The molecule has 0 atom stereocenters. The topological polar surface area (TPSA) is 12.5 Å². The molecule has 0 heterocycles. The van der Waals surface area contributed by atoms with Gasteiger partial charge in [0.2, 0.25) is 0 Å². The van der Waals surface area contributed by atoms with Crippen molar-refractivity contribution in [2.75, 3.05) is 26.2 Å². The molecule has 1 rings (SSSR count). The molecule has 1 aromatic carbocycles. The Morgan fingerprint density at radius 3 is 2.68 bits per heavy atom. The third-order valence-corrected chi connectivity index (χ3v) is 3.26. The third-order valence-electron chi connectivity index (χ3n) is 3.26. The zero-order valence-corrected chi connectivity index (χ0v) is 12.4. The summed E-state index contributed by atoms with van der Waals surface area (Å²) in [5, 5.41) is 0. The van der Waals surface area contributed by atoms with E-state index in [4.69, 9.17) is 4.74 Å². The molecule has 0 unspecified atom stereocenters. The van der Waals surface area contributed by atoms with Crippen LogP contribution in [0.4, 0.5) is 0 Å². The number of hydrogen-bond acceptors (Lipinski definition) is 2. The van der Waals surface area contributed by atoms with Crippen LogP contribution in [0, 0.1) is 0 Å². The average molecular weight is 261 g/mol. The molecule has 0 aromatic heterocycles. The Labute approximate surface area is 118 Å². The lowest BCUT2D eigenvalue weighted by Gasteiger charge is -2.19. The lowest BCUT2D eigenvalue weighted by atomic mass is 10.2.